The first kappa shape index (κ1) is 19.9. The lowest BCUT2D eigenvalue weighted by Gasteiger charge is -2.30. The van der Waals surface area contributed by atoms with Gasteiger partial charge < -0.3 is 9.64 Å². The number of ether oxygens (including phenoxy) is 1. The lowest BCUT2D eigenvalue weighted by molar-refractivity contribution is 0.171. The highest BCUT2D eigenvalue weighted by Crippen LogP contribution is 2.19. The smallest absolute Gasteiger partial charge is 0.119 e. The molecule has 2 heteroatoms. The van der Waals surface area contributed by atoms with Crippen LogP contribution in [0.2, 0.25) is 0 Å². The molecule has 2 nitrogen and oxygen atoms in total. The van der Waals surface area contributed by atoms with Gasteiger partial charge in [-0.25, -0.2) is 0 Å². The van der Waals surface area contributed by atoms with Crippen molar-refractivity contribution in [3.63, 3.8) is 0 Å². The van der Waals surface area contributed by atoms with Crippen LogP contribution in [0.4, 0.5) is 0 Å². The van der Waals surface area contributed by atoms with Crippen molar-refractivity contribution in [1.82, 2.24) is 4.90 Å². The molecule has 1 aliphatic rings. The molecule has 0 saturated carbocycles. The van der Waals surface area contributed by atoms with Crippen LogP contribution in [0.5, 0.6) is 5.75 Å². The van der Waals surface area contributed by atoms with E-state index in [0.29, 0.717) is 0 Å². The van der Waals surface area contributed by atoms with Crippen LogP contribution < -0.4 is 4.74 Å². The normalized spacial score (nSPS) is 16.2. The molecule has 0 N–H and O–H groups in total. The summed E-state index contributed by atoms with van der Waals surface area (Å²) in [5.74, 6) is 1.77. The predicted octanol–water partition coefficient (Wildman–Crippen LogP) is 5.95. The van der Waals surface area contributed by atoms with Gasteiger partial charge in [0.25, 0.3) is 0 Å². The fourth-order valence-corrected chi connectivity index (χ4v) is 4.12. The van der Waals surface area contributed by atoms with Crippen LogP contribution in [-0.2, 0) is 6.42 Å². The number of nitrogens with zero attached hydrogens (tertiary/aromatic N) is 1. The van der Waals surface area contributed by atoms with Crippen molar-refractivity contribution in [2.24, 2.45) is 5.92 Å². The Morgan fingerprint density at radius 2 is 1.56 bits per heavy atom. The highest BCUT2D eigenvalue weighted by atomic mass is 16.5. The third-order valence-corrected chi connectivity index (χ3v) is 5.63. The molecule has 1 heterocycles. The summed E-state index contributed by atoms with van der Waals surface area (Å²) < 4.78 is 6.06. The van der Waals surface area contributed by atoms with Crippen molar-refractivity contribution in [3.05, 3.63) is 65.7 Å². The number of hydrogen-bond donors (Lipinski definition) is 0. The lowest BCUT2D eigenvalue weighted by atomic mass is 9.98. The third-order valence-electron chi connectivity index (χ3n) is 5.63. The summed E-state index contributed by atoms with van der Waals surface area (Å²) in [4.78, 5) is 2.67. The van der Waals surface area contributed by atoms with E-state index in [-0.39, 0.29) is 0 Å². The molecule has 0 radical (unpaired) electrons. The molecule has 0 spiro atoms. The van der Waals surface area contributed by atoms with E-state index in [2.05, 4.69) is 66.4 Å². The van der Waals surface area contributed by atoms with E-state index in [1.165, 1.54) is 62.9 Å². The molecule has 2 aromatic rings. The molecule has 27 heavy (non-hydrogen) atoms. The minimum absolute atomic E-state index is 0.769. The SMILES string of the molecule is CCCC(CCOc1ccc(Cc2ccccc2)cc1)CN1CCCCC1. The zero-order chi connectivity index (χ0) is 18.7. The Morgan fingerprint density at radius 3 is 2.26 bits per heavy atom. The summed E-state index contributed by atoms with van der Waals surface area (Å²) in [7, 11) is 0. The van der Waals surface area contributed by atoms with Crippen molar-refractivity contribution >= 4 is 0 Å². The molecule has 1 unspecified atom stereocenters. The van der Waals surface area contributed by atoms with E-state index in [9.17, 15) is 0 Å². The van der Waals surface area contributed by atoms with Crippen LogP contribution in [0.25, 0.3) is 0 Å². The monoisotopic (exact) mass is 365 g/mol. The molecule has 2 aromatic carbocycles. The Hall–Kier alpha value is -1.80. The molecule has 0 aromatic heterocycles. The highest BCUT2D eigenvalue weighted by Gasteiger charge is 2.16. The quantitative estimate of drug-likeness (QED) is 0.516. The first-order valence-electron chi connectivity index (χ1n) is 10.8. The average Bonchev–Trinajstić information content (AvgIpc) is 2.71. The molecular weight excluding hydrogens is 330 g/mol. The van der Waals surface area contributed by atoms with Crippen LogP contribution in [0.1, 0.15) is 56.6 Å². The maximum absolute atomic E-state index is 6.06. The Labute approximate surface area is 165 Å². The standard InChI is InChI=1S/C25H35NO/c1-2-9-24(21-26-17-7-4-8-18-26)16-19-27-25-14-12-23(13-15-25)20-22-10-5-3-6-11-22/h3,5-6,10-15,24H,2,4,7-9,16-21H2,1H3. The fourth-order valence-electron chi connectivity index (χ4n) is 4.12. The molecule has 146 valence electrons. The van der Waals surface area contributed by atoms with E-state index >= 15 is 0 Å². The summed E-state index contributed by atoms with van der Waals surface area (Å²) >= 11 is 0. The van der Waals surface area contributed by atoms with Crippen LogP contribution in [0, 0.1) is 5.92 Å². The molecule has 1 aliphatic heterocycles. The van der Waals surface area contributed by atoms with E-state index in [0.717, 1.165) is 31.1 Å². The Kier molecular flexibility index (Phi) is 8.23. The van der Waals surface area contributed by atoms with Crippen molar-refractivity contribution in [1.29, 1.82) is 0 Å². The van der Waals surface area contributed by atoms with Gasteiger partial charge in [-0.2, -0.15) is 0 Å². The first-order valence-corrected chi connectivity index (χ1v) is 10.8. The largest absolute Gasteiger partial charge is 0.494 e. The fraction of sp³-hybridized carbons (Fsp3) is 0.520. The zero-order valence-electron chi connectivity index (χ0n) is 16.9. The molecule has 0 amide bonds. The van der Waals surface area contributed by atoms with Gasteiger partial charge in [-0.15, -0.1) is 0 Å². The second-order valence-electron chi connectivity index (χ2n) is 7.96. The van der Waals surface area contributed by atoms with Crippen molar-refractivity contribution in [2.75, 3.05) is 26.2 Å². The van der Waals surface area contributed by atoms with Gasteiger partial charge in [0.1, 0.15) is 5.75 Å². The zero-order valence-corrected chi connectivity index (χ0v) is 16.9. The second-order valence-corrected chi connectivity index (χ2v) is 7.96. The topological polar surface area (TPSA) is 12.5 Å². The Morgan fingerprint density at radius 1 is 0.852 bits per heavy atom. The average molecular weight is 366 g/mol. The number of rotatable bonds is 10. The van der Waals surface area contributed by atoms with Gasteiger partial charge >= 0.3 is 0 Å². The number of likely N-dealkylation sites (tertiary alicyclic amines) is 1. The number of hydrogen-bond acceptors (Lipinski definition) is 2. The van der Waals surface area contributed by atoms with Gasteiger partial charge in [-0.3, -0.25) is 0 Å². The van der Waals surface area contributed by atoms with E-state index < -0.39 is 0 Å². The van der Waals surface area contributed by atoms with Gasteiger partial charge in [0.2, 0.25) is 0 Å². The maximum atomic E-state index is 6.06. The number of benzene rings is 2. The Balaban J connectivity index is 1.42. The molecule has 0 bridgehead atoms. The highest BCUT2D eigenvalue weighted by molar-refractivity contribution is 5.31. The molecule has 1 saturated heterocycles. The van der Waals surface area contributed by atoms with Gasteiger partial charge in [0.05, 0.1) is 6.61 Å². The van der Waals surface area contributed by atoms with Crippen LogP contribution in [0.3, 0.4) is 0 Å². The predicted molar refractivity (Wildman–Crippen MR) is 114 cm³/mol. The van der Waals surface area contributed by atoms with E-state index in [1.807, 2.05) is 0 Å². The van der Waals surface area contributed by atoms with E-state index in [1.54, 1.807) is 0 Å². The summed E-state index contributed by atoms with van der Waals surface area (Å²) in [5, 5.41) is 0. The molecular formula is C25H35NO. The first-order chi connectivity index (χ1) is 13.3. The summed E-state index contributed by atoms with van der Waals surface area (Å²) in [6.45, 7) is 6.98. The molecule has 1 atom stereocenters. The number of piperidine rings is 1. The third kappa shape index (κ3) is 7.03. The van der Waals surface area contributed by atoms with Gasteiger partial charge in [0, 0.05) is 6.54 Å². The lowest BCUT2D eigenvalue weighted by Crippen LogP contribution is -2.34. The maximum Gasteiger partial charge on any atom is 0.119 e. The van der Waals surface area contributed by atoms with Crippen LogP contribution in [0.15, 0.2) is 54.6 Å². The second kappa shape index (κ2) is 11.1. The molecule has 0 aliphatic carbocycles. The molecule has 1 fully saturated rings. The van der Waals surface area contributed by atoms with Gasteiger partial charge in [-0.05, 0) is 74.4 Å². The molecule has 3 rings (SSSR count). The van der Waals surface area contributed by atoms with Crippen molar-refractivity contribution < 1.29 is 4.74 Å². The minimum Gasteiger partial charge on any atom is -0.494 e. The Bertz CT molecular complexity index is 631. The van der Waals surface area contributed by atoms with Crippen LogP contribution >= 0.6 is 0 Å². The summed E-state index contributed by atoms with van der Waals surface area (Å²) in [5.41, 5.74) is 2.69. The van der Waals surface area contributed by atoms with Gasteiger partial charge in [-0.1, -0.05) is 62.2 Å². The van der Waals surface area contributed by atoms with Crippen LogP contribution in [-0.4, -0.2) is 31.1 Å². The van der Waals surface area contributed by atoms with E-state index in [4.69, 9.17) is 4.74 Å². The van der Waals surface area contributed by atoms with Gasteiger partial charge in [0.15, 0.2) is 0 Å². The summed E-state index contributed by atoms with van der Waals surface area (Å²) in [6, 6.07) is 19.3. The van der Waals surface area contributed by atoms with Crippen molar-refractivity contribution in [3.8, 4) is 5.75 Å². The minimum atomic E-state index is 0.769. The summed E-state index contributed by atoms with van der Waals surface area (Å²) in [6.07, 6.45) is 8.90. The van der Waals surface area contributed by atoms with Crippen molar-refractivity contribution in [2.45, 2.75) is 51.9 Å².